The molecule has 125 valence electrons. The Morgan fingerprint density at radius 1 is 1.10 bits per heavy atom. The van der Waals surface area contributed by atoms with Crippen molar-refractivity contribution in [3.8, 4) is 0 Å². The topological polar surface area (TPSA) is 0 Å². The predicted molar refractivity (Wildman–Crippen MR) is 104 cm³/mol. The van der Waals surface area contributed by atoms with Crippen molar-refractivity contribution in [1.29, 1.82) is 0 Å². The van der Waals surface area contributed by atoms with E-state index in [1.165, 1.54) is 32.1 Å². The normalized spacial score (nSPS) is 29.7. The fraction of sp³-hybridized carbons (Fsp3) is 0.833. The Bertz CT molecular complexity index is 221. The quantitative estimate of drug-likeness (QED) is 0.280. The van der Waals surface area contributed by atoms with Crippen molar-refractivity contribution in [3.63, 3.8) is 0 Å². The van der Waals surface area contributed by atoms with Crippen molar-refractivity contribution in [2.45, 2.75) is 65.5 Å². The van der Waals surface area contributed by atoms with Crippen molar-refractivity contribution in [1.82, 2.24) is 0 Å². The van der Waals surface area contributed by atoms with E-state index in [9.17, 15) is 0 Å². The summed E-state index contributed by atoms with van der Waals surface area (Å²) in [5.41, 5.74) is 3.50. The minimum Gasteiger partial charge on any atom is -0.358 e. The summed E-state index contributed by atoms with van der Waals surface area (Å²) in [6.45, 7) is 14.6. The van der Waals surface area contributed by atoms with Crippen LogP contribution in [0.4, 0.5) is 0 Å². The average molecular weight is 365 g/mol. The second-order valence-electron chi connectivity index (χ2n) is 6.28. The van der Waals surface area contributed by atoms with Gasteiger partial charge in [0.1, 0.15) is 0 Å². The maximum atomic E-state index is 2.52. The summed E-state index contributed by atoms with van der Waals surface area (Å²) in [5.74, 6) is 1.77. The molecule has 5 atom stereocenters. The van der Waals surface area contributed by atoms with E-state index in [-0.39, 0.29) is 36.6 Å². The molecule has 5 unspecified atom stereocenters. The first kappa shape index (κ1) is 27.4. The van der Waals surface area contributed by atoms with Crippen LogP contribution in [-0.2, 0) is 21.7 Å². The van der Waals surface area contributed by atoms with Gasteiger partial charge in [0, 0.05) is 0 Å². The molecule has 0 amide bonds. The fourth-order valence-electron chi connectivity index (χ4n) is 3.81. The third-order valence-electron chi connectivity index (χ3n) is 5.61. The monoisotopic (exact) mass is 365 g/mol. The smallest absolute Gasteiger partial charge is 0.358 e. The van der Waals surface area contributed by atoms with E-state index in [0.29, 0.717) is 5.41 Å². The summed E-state index contributed by atoms with van der Waals surface area (Å²) in [7, 11) is 2.21. The third-order valence-corrected chi connectivity index (χ3v) is 7.92. The van der Waals surface area contributed by atoms with Gasteiger partial charge in [0.15, 0.2) is 0 Å². The summed E-state index contributed by atoms with van der Waals surface area (Å²) in [6, 6.07) is 0. The van der Waals surface area contributed by atoms with E-state index in [1.54, 1.807) is 0 Å². The maximum absolute atomic E-state index is 2.52. The Labute approximate surface area is 155 Å². The van der Waals surface area contributed by atoms with Gasteiger partial charge in [-0.25, -0.2) is 0 Å². The van der Waals surface area contributed by atoms with Gasteiger partial charge in [-0.3, -0.25) is 14.2 Å². The zero-order valence-electron chi connectivity index (χ0n) is 15.8. The van der Waals surface area contributed by atoms with Crippen molar-refractivity contribution in [3.05, 3.63) is 20.5 Å². The van der Waals surface area contributed by atoms with E-state index in [1.807, 2.05) is 5.66 Å². The first-order chi connectivity index (χ1) is 8.53. The van der Waals surface area contributed by atoms with Crippen molar-refractivity contribution >= 4 is 17.2 Å². The number of hydrogen-bond donors (Lipinski definition) is 0. The molecule has 1 saturated carbocycles. The van der Waals surface area contributed by atoms with Gasteiger partial charge < -0.3 is 14.9 Å². The standard InChI is InChI=1S/C16H33P2.2CH3.Ti/c1-7-12(3)16(13(4)8-2)10-14(17-5)9-15(11-16)18-6;;;/h12-14,17-18H,7-11H2,1-6H3;2*1H3;/q3*-1;+3. The van der Waals surface area contributed by atoms with Crippen LogP contribution < -0.4 is 0 Å². The Kier molecular flexibility index (Phi) is 16.9. The van der Waals surface area contributed by atoms with Gasteiger partial charge in [-0.15, -0.1) is 8.58 Å². The second-order valence-corrected chi connectivity index (χ2v) is 8.88. The minimum absolute atomic E-state index is 0. The second kappa shape index (κ2) is 12.9. The van der Waals surface area contributed by atoms with Gasteiger partial charge in [-0.2, -0.15) is 12.8 Å². The predicted octanol–water partition coefficient (Wildman–Crippen LogP) is 6.66. The van der Waals surface area contributed by atoms with Crippen molar-refractivity contribution in [2.75, 3.05) is 13.3 Å². The summed E-state index contributed by atoms with van der Waals surface area (Å²) in [6.07, 6.45) is 7.08. The Hall–Kier alpha value is 1.57. The molecule has 0 heterocycles. The first-order valence-electron chi connectivity index (χ1n) is 7.73. The average Bonchev–Trinajstić information content (AvgIpc) is 2.44. The van der Waals surface area contributed by atoms with Gasteiger partial charge >= 0.3 is 21.7 Å². The Balaban J connectivity index is -0.00000108. The van der Waals surface area contributed by atoms with E-state index in [2.05, 4.69) is 41.0 Å². The van der Waals surface area contributed by atoms with Gasteiger partial charge in [0.05, 0.1) is 0 Å². The molecule has 0 aromatic heterocycles. The molecular weight excluding hydrogens is 326 g/mol. The molecule has 0 aromatic carbocycles. The Morgan fingerprint density at radius 3 is 1.90 bits per heavy atom. The van der Waals surface area contributed by atoms with Crippen LogP contribution in [0.15, 0.2) is 0 Å². The van der Waals surface area contributed by atoms with Crippen molar-refractivity contribution < 1.29 is 21.7 Å². The molecule has 3 heteroatoms. The Morgan fingerprint density at radius 2 is 1.57 bits per heavy atom. The van der Waals surface area contributed by atoms with E-state index >= 15 is 0 Å². The zero-order valence-corrected chi connectivity index (χ0v) is 19.3. The van der Waals surface area contributed by atoms with Gasteiger partial charge in [0.2, 0.25) is 0 Å². The molecular formula is C18H39P2Ti. The van der Waals surface area contributed by atoms with Crippen LogP contribution in [0.5, 0.6) is 0 Å². The van der Waals surface area contributed by atoms with Crippen LogP contribution in [0.3, 0.4) is 0 Å². The molecule has 1 fully saturated rings. The number of hydrogen-bond acceptors (Lipinski definition) is 0. The van der Waals surface area contributed by atoms with Gasteiger partial charge in [-0.1, -0.05) is 52.6 Å². The minimum atomic E-state index is 0. The maximum Gasteiger partial charge on any atom is 3.00 e. The molecule has 0 N–H and O–H groups in total. The molecule has 1 aliphatic carbocycles. The largest absolute Gasteiger partial charge is 3.00 e. The molecule has 0 aromatic rings. The van der Waals surface area contributed by atoms with E-state index in [0.717, 1.165) is 34.7 Å². The molecule has 0 nitrogen and oxygen atoms in total. The van der Waals surface area contributed by atoms with Crippen LogP contribution in [0.25, 0.3) is 0 Å². The third kappa shape index (κ3) is 6.53. The van der Waals surface area contributed by atoms with Gasteiger partial charge in [-0.05, 0) is 30.6 Å². The molecule has 1 aliphatic rings. The summed E-state index contributed by atoms with van der Waals surface area (Å²) in [4.78, 5) is 0. The van der Waals surface area contributed by atoms with E-state index < -0.39 is 0 Å². The van der Waals surface area contributed by atoms with Crippen LogP contribution in [0.1, 0.15) is 59.8 Å². The molecule has 0 bridgehead atoms. The molecule has 1 rings (SSSR count). The van der Waals surface area contributed by atoms with Crippen LogP contribution in [0.2, 0.25) is 0 Å². The summed E-state index contributed by atoms with van der Waals surface area (Å²) >= 11 is 0. The summed E-state index contributed by atoms with van der Waals surface area (Å²) in [5, 5.41) is 0. The van der Waals surface area contributed by atoms with E-state index in [4.69, 9.17) is 0 Å². The number of rotatable bonds is 6. The SMILES string of the molecule is CCC(C)C1(C(C)CC)C[C-](PC)CC(PC)C1.[CH3-].[CH3-].[Ti+3]. The summed E-state index contributed by atoms with van der Waals surface area (Å²) < 4.78 is 0. The molecule has 1 radical (unpaired) electrons. The molecule has 0 saturated heterocycles. The van der Waals surface area contributed by atoms with Gasteiger partial charge in [0.25, 0.3) is 0 Å². The fourth-order valence-corrected chi connectivity index (χ4v) is 6.01. The zero-order chi connectivity index (χ0) is 13.8. The van der Waals surface area contributed by atoms with Crippen molar-refractivity contribution in [2.24, 2.45) is 17.3 Å². The molecule has 0 spiro atoms. The van der Waals surface area contributed by atoms with Crippen LogP contribution in [0, 0.1) is 37.8 Å². The van der Waals surface area contributed by atoms with Crippen LogP contribution in [-0.4, -0.2) is 19.0 Å². The molecule has 21 heavy (non-hydrogen) atoms. The molecule has 0 aliphatic heterocycles. The van der Waals surface area contributed by atoms with Crippen LogP contribution >= 0.6 is 17.2 Å². The first-order valence-corrected chi connectivity index (χ1v) is 10.8.